The molecule has 0 aliphatic rings. The average Bonchev–Trinajstić information content (AvgIpc) is 2.66. The van der Waals surface area contributed by atoms with Crippen molar-refractivity contribution in [3.63, 3.8) is 0 Å². The van der Waals surface area contributed by atoms with Crippen molar-refractivity contribution in [2.24, 2.45) is 0 Å². The summed E-state index contributed by atoms with van der Waals surface area (Å²) in [6.07, 6.45) is 1.16. The normalized spacial score (nSPS) is 12.4. The number of sulfone groups is 1. The van der Waals surface area contributed by atoms with Gasteiger partial charge in [-0.25, -0.2) is 21.6 Å². The van der Waals surface area contributed by atoms with Crippen molar-refractivity contribution in [1.29, 1.82) is 0 Å². The van der Waals surface area contributed by atoms with Gasteiger partial charge in [0.05, 0.1) is 10.7 Å². The third kappa shape index (κ3) is 4.70. The number of nitro groups is 1. The van der Waals surface area contributed by atoms with Crippen LogP contribution in [0.4, 0.5) is 10.7 Å². The first-order valence-corrected chi connectivity index (χ1v) is 9.60. The largest absolute Gasteiger partial charge is 0.385 e. The molecule has 12 heteroatoms. The third-order valence-electron chi connectivity index (χ3n) is 2.16. The Morgan fingerprint density at radius 3 is 2.45 bits per heavy atom. The van der Waals surface area contributed by atoms with Gasteiger partial charge in [-0.3, -0.25) is 10.1 Å². The minimum absolute atomic E-state index is 0.0823. The van der Waals surface area contributed by atoms with E-state index in [0.29, 0.717) is 11.3 Å². The van der Waals surface area contributed by atoms with E-state index >= 15 is 0 Å². The number of rotatable bonds is 7. The third-order valence-corrected chi connectivity index (χ3v) is 6.08. The number of nitrogens with one attached hydrogen (secondary N) is 1. The lowest BCUT2D eigenvalue weighted by Crippen LogP contribution is -2.25. The fourth-order valence-electron chi connectivity index (χ4n) is 1.26. The fourth-order valence-corrected chi connectivity index (χ4v) is 4.26. The molecule has 0 saturated carbocycles. The number of thiophene rings is 1. The first-order valence-electron chi connectivity index (χ1n) is 5.24. The monoisotopic (exact) mass is 343 g/mol. The molecule has 0 aromatic carbocycles. The van der Waals surface area contributed by atoms with Crippen LogP contribution in [0.25, 0.3) is 0 Å². The van der Waals surface area contributed by atoms with Gasteiger partial charge in [-0.05, 0) is 6.42 Å². The highest BCUT2D eigenvalue weighted by molar-refractivity contribution is 7.91. The predicted molar refractivity (Wildman–Crippen MR) is 74.9 cm³/mol. The van der Waals surface area contributed by atoms with Crippen LogP contribution in [0.5, 0.6) is 0 Å². The zero-order valence-corrected chi connectivity index (χ0v) is 12.8. The van der Waals surface area contributed by atoms with Gasteiger partial charge < -0.3 is 5.73 Å². The van der Waals surface area contributed by atoms with Crippen LogP contribution in [0.1, 0.15) is 6.42 Å². The van der Waals surface area contributed by atoms with Gasteiger partial charge in [-0.1, -0.05) is 11.3 Å². The zero-order chi connectivity index (χ0) is 15.6. The Labute approximate surface area is 119 Å². The van der Waals surface area contributed by atoms with Crippen LogP contribution in [-0.2, 0) is 19.9 Å². The summed E-state index contributed by atoms with van der Waals surface area (Å²) >= 11 is 0.581. The first kappa shape index (κ1) is 16.8. The maximum atomic E-state index is 11.8. The first-order chi connectivity index (χ1) is 9.03. The number of nitrogen functional groups attached to an aromatic ring is 1. The van der Waals surface area contributed by atoms with Crippen molar-refractivity contribution < 1.29 is 21.8 Å². The maximum absolute atomic E-state index is 11.8. The Balaban J connectivity index is 2.75. The van der Waals surface area contributed by atoms with Gasteiger partial charge in [0.1, 0.15) is 14.0 Å². The maximum Gasteiger partial charge on any atom is 0.304 e. The number of anilines is 1. The second-order valence-electron chi connectivity index (χ2n) is 3.95. The van der Waals surface area contributed by atoms with E-state index in [0.717, 1.165) is 12.3 Å². The fraction of sp³-hybridized carbons (Fsp3) is 0.500. The summed E-state index contributed by atoms with van der Waals surface area (Å²) in [5.74, 6) is -0.151. The van der Waals surface area contributed by atoms with Crippen molar-refractivity contribution in [1.82, 2.24) is 4.72 Å². The number of nitrogens with two attached hydrogens (primary N) is 1. The van der Waals surface area contributed by atoms with E-state index in [4.69, 9.17) is 5.73 Å². The second kappa shape index (κ2) is 6.03. The van der Waals surface area contributed by atoms with Crippen LogP contribution >= 0.6 is 11.3 Å². The van der Waals surface area contributed by atoms with Crippen molar-refractivity contribution in [3.8, 4) is 0 Å². The highest BCUT2D eigenvalue weighted by atomic mass is 32.2. The van der Waals surface area contributed by atoms with E-state index < -0.39 is 30.5 Å². The summed E-state index contributed by atoms with van der Waals surface area (Å²) in [6, 6.07) is 0.874. The van der Waals surface area contributed by atoms with E-state index in [9.17, 15) is 26.9 Å². The lowest BCUT2D eigenvalue weighted by molar-refractivity contribution is -0.383. The van der Waals surface area contributed by atoms with Crippen molar-refractivity contribution in [2.45, 2.75) is 10.6 Å². The highest BCUT2D eigenvalue weighted by Gasteiger charge is 2.24. The standard InChI is InChI=1S/C8H13N3O6S3/c1-19(14,15)4-2-3-10-20(16,17)7-5-6(11(12)13)8(9)18-7/h5,10H,2-4,9H2,1H3. The van der Waals surface area contributed by atoms with Crippen LogP contribution in [0, 0.1) is 10.1 Å². The molecule has 1 rings (SSSR count). The molecule has 0 bridgehead atoms. The minimum atomic E-state index is -3.92. The van der Waals surface area contributed by atoms with Gasteiger partial charge in [0.15, 0.2) is 5.00 Å². The van der Waals surface area contributed by atoms with Crippen molar-refractivity contribution in [3.05, 3.63) is 16.2 Å². The van der Waals surface area contributed by atoms with E-state index in [2.05, 4.69) is 4.72 Å². The molecule has 0 atom stereocenters. The number of sulfonamides is 1. The van der Waals surface area contributed by atoms with Gasteiger partial charge >= 0.3 is 5.69 Å². The van der Waals surface area contributed by atoms with E-state index in [1.807, 2.05) is 0 Å². The van der Waals surface area contributed by atoms with Gasteiger partial charge in [0.25, 0.3) is 0 Å². The zero-order valence-electron chi connectivity index (χ0n) is 10.4. The molecule has 1 heterocycles. The molecule has 9 nitrogen and oxygen atoms in total. The molecular weight excluding hydrogens is 330 g/mol. The number of hydrogen-bond acceptors (Lipinski definition) is 8. The Bertz CT molecular complexity index is 706. The van der Waals surface area contributed by atoms with Crippen LogP contribution < -0.4 is 10.5 Å². The van der Waals surface area contributed by atoms with Crippen LogP contribution in [0.2, 0.25) is 0 Å². The Morgan fingerprint density at radius 1 is 1.40 bits per heavy atom. The topological polar surface area (TPSA) is 149 Å². The molecule has 0 fully saturated rings. The number of nitrogens with zero attached hydrogens (tertiary/aromatic N) is 1. The Kier molecular flexibility index (Phi) is 5.07. The quantitative estimate of drug-likeness (QED) is 0.400. The minimum Gasteiger partial charge on any atom is -0.385 e. The molecule has 20 heavy (non-hydrogen) atoms. The predicted octanol–water partition coefficient (Wildman–Crippen LogP) is -0.0485. The Morgan fingerprint density at radius 2 is 2.00 bits per heavy atom. The van der Waals surface area contributed by atoms with Crippen molar-refractivity contribution in [2.75, 3.05) is 24.3 Å². The van der Waals surface area contributed by atoms with Crippen LogP contribution in [0.3, 0.4) is 0 Å². The Hall–Kier alpha value is -1.24. The molecule has 0 aliphatic carbocycles. The summed E-state index contributed by atoms with van der Waals surface area (Å²) in [7, 11) is -7.09. The molecule has 0 spiro atoms. The molecule has 0 amide bonds. The van der Waals surface area contributed by atoms with Gasteiger partial charge in [-0.15, -0.1) is 0 Å². The molecular formula is C8H13N3O6S3. The van der Waals surface area contributed by atoms with Gasteiger partial charge in [0, 0.05) is 18.9 Å². The van der Waals surface area contributed by atoms with Crippen LogP contribution in [-0.4, -0.2) is 40.3 Å². The molecule has 0 unspecified atom stereocenters. The molecule has 1 aromatic rings. The van der Waals surface area contributed by atoms with E-state index in [-0.39, 0.29) is 27.9 Å². The molecule has 3 N–H and O–H groups in total. The average molecular weight is 343 g/mol. The molecule has 0 radical (unpaired) electrons. The SMILES string of the molecule is CS(=O)(=O)CCCNS(=O)(=O)c1cc([N+](=O)[O-])c(N)s1. The molecule has 1 aromatic heterocycles. The summed E-state index contributed by atoms with van der Waals surface area (Å²) < 4.78 is 47.3. The summed E-state index contributed by atoms with van der Waals surface area (Å²) in [5, 5.41) is 10.4. The lowest BCUT2D eigenvalue weighted by atomic mass is 10.5. The summed E-state index contributed by atoms with van der Waals surface area (Å²) in [5.41, 5.74) is 4.89. The molecule has 0 saturated heterocycles. The van der Waals surface area contributed by atoms with Crippen LogP contribution in [0.15, 0.2) is 10.3 Å². The van der Waals surface area contributed by atoms with Gasteiger partial charge in [0.2, 0.25) is 10.0 Å². The van der Waals surface area contributed by atoms with Crippen molar-refractivity contribution >= 4 is 41.9 Å². The molecule has 114 valence electrons. The van der Waals surface area contributed by atoms with E-state index in [1.165, 1.54) is 0 Å². The highest BCUT2D eigenvalue weighted by Crippen LogP contribution is 2.34. The molecule has 0 aliphatic heterocycles. The smallest absolute Gasteiger partial charge is 0.304 e. The summed E-state index contributed by atoms with van der Waals surface area (Å²) in [4.78, 5) is 9.81. The van der Waals surface area contributed by atoms with Gasteiger partial charge in [-0.2, -0.15) is 0 Å². The summed E-state index contributed by atoms with van der Waals surface area (Å²) in [6.45, 7) is -0.0823. The lowest BCUT2D eigenvalue weighted by Gasteiger charge is -2.03. The second-order valence-corrected chi connectivity index (χ2v) is 9.29. The number of hydrogen-bond donors (Lipinski definition) is 2. The van der Waals surface area contributed by atoms with E-state index in [1.54, 1.807) is 0 Å².